The van der Waals surface area contributed by atoms with Gasteiger partial charge in [0.05, 0.1) is 0 Å². The number of hydrogen-bond acceptors (Lipinski definition) is 2. The molecule has 0 amide bonds. The van der Waals surface area contributed by atoms with Crippen molar-refractivity contribution in [3.8, 4) is 0 Å². The maximum absolute atomic E-state index is 4.43. The van der Waals surface area contributed by atoms with Crippen LogP contribution in [0.25, 0.3) is 5.43 Å². The minimum Gasteiger partial charge on any atom is -0.258 e. The minimum absolute atomic E-state index is 0.554. The van der Waals surface area contributed by atoms with E-state index in [9.17, 15) is 0 Å². The first kappa shape index (κ1) is 9.84. The van der Waals surface area contributed by atoms with Crippen molar-refractivity contribution in [2.45, 2.75) is 0 Å². The van der Waals surface area contributed by atoms with Crippen LogP contribution in [0.5, 0.6) is 0 Å². The summed E-state index contributed by atoms with van der Waals surface area (Å²) < 4.78 is 0. The van der Waals surface area contributed by atoms with Crippen LogP contribution >= 0.6 is 0 Å². The van der Waals surface area contributed by atoms with Crippen molar-refractivity contribution in [1.82, 2.24) is 0 Å². The highest BCUT2D eigenvalue weighted by atomic mass is 15.8. The molecule has 1 heterocycles. The Balaban J connectivity index is 1.87. The second-order valence-corrected chi connectivity index (χ2v) is 3.73. The predicted octanol–water partition coefficient (Wildman–Crippen LogP) is 3.46. The summed E-state index contributed by atoms with van der Waals surface area (Å²) in [6.07, 6.45) is 0. The Morgan fingerprint density at radius 2 is 1.59 bits per heavy atom. The zero-order valence-corrected chi connectivity index (χ0v) is 9.27. The van der Waals surface area contributed by atoms with Crippen LogP contribution in [-0.2, 0) is 0 Å². The molecular formula is C13H12N4. The molecule has 0 fully saturated rings. The number of hydrogen-bond donors (Lipinski definition) is 0. The van der Waals surface area contributed by atoms with Gasteiger partial charge >= 0.3 is 0 Å². The second-order valence-electron chi connectivity index (χ2n) is 3.73. The van der Waals surface area contributed by atoms with Gasteiger partial charge in [0, 0.05) is 0 Å². The minimum atomic E-state index is 0.554. The monoisotopic (exact) mass is 224 g/mol. The van der Waals surface area contributed by atoms with Crippen molar-refractivity contribution in [2.75, 3.05) is 11.7 Å². The fourth-order valence-electron chi connectivity index (χ4n) is 1.71. The normalized spacial score (nSPS) is 14.4. The Labute approximate surface area is 99.8 Å². The molecule has 0 saturated heterocycles. The lowest BCUT2D eigenvalue weighted by Crippen LogP contribution is -2.10. The van der Waals surface area contributed by atoms with E-state index in [1.165, 1.54) is 0 Å². The smallest absolute Gasteiger partial charge is 0.138 e. The lowest BCUT2D eigenvalue weighted by atomic mass is 10.3. The van der Waals surface area contributed by atoms with Crippen molar-refractivity contribution in [3.05, 3.63) is 66.1 Å². The highest BCUT2D eigenvalue weighted by Gasteiger charge is 2.14. The molecule has 0 aliphatic carbocycles. The van der Waals surface area contributed by atoms with E-state index in [0.29, 0.717) is 6.67 Å². The largest absolute Gasteiger partial charge is 0.258 e. The molecule has 4 heteroatoms. The van der Waals surface area contributed by atoms with E-state index in [1.807, 2.05) is 65.7 Å². The molecule has 0 N–H and O–H groups in total. The summed E-state index contributed by atoms with van der Waals surface area (Å²) in [4.78, 5) is 1.66. The van der Waals surface area contributed by atoms with E-state index in [1.54, 1.807) is 4.81 Å². The van der Waals surface area contributed by atoms with Gasteiger partial charge in [0.25, 0.3) is 0 Å². The summed E-state index contributed by atoms with van der Waals surface area (Å²) >= 11 is 0. The summed E-state index contributed by atoms with van der Waals surface area (Å²) in [6, 6.07) is 19.9. The molecule has 1 aliphatic rings. The molecule has 1 aliphatic heterocycles. The van der Waals surface area contributed by atoms with Crippen LogP contribution in [0.2, 0.25) is 0 Å². The fourth-order valence-corrected chi connectivity index (χ4v) is 1.71. The number of benzene rings is 2. The molecule has 0 radical (unpaired) electrons. The molecule has 0 spiro atoms. The van der Waals surface area contributed by atoms with Crippen LogP contribution in [0.1, 0.15) is 0 Å². The van der Waals surface area contributed by atoms with Crippen LogP contribution in [-0.4, -0.2) is 11.5 Å². The lowest BCUT2D eigenvalue weighted by Gasteiger charge is -2.08. The van der Waals surface area contributed by atoms with Gasteiger partial charge in [-0.25, -0.2) is 5.01 Å². The van der Waals surface area contributed by atoms with Gasteiger partial charge in [-0.15, -0.1) is 5.22 Å². The Morgan fingerprint density at radius 1 is 0.941 bits per heavy atom. The van der Waals surface area contributed by atoms with E-state index in [4.69, 9.17) is 0 Å². The summed E-state index contributed by atoms with van der Waals surface area (Å²) in [6.45, 7) is 0.554. The van der Waals surface area contributed by atoms with E-state index in [2.05, 4.69) is 10.6 Å². The van der Waals surface area contributed by atoms with Gasteiger partial charge in [-0.3, -0.25) is 5.43 Å². The fraction of sp³-hybridized carbons (Fsp3) is 0.0769. The van der Waals surface area contributed by atoms with Crippen LogP contribution in [0, 0.1) is 0 Å². The standard InChI is InChI=1S/C13H12N4/c1-3-7-12(8-4-1)16-11-14-17(15-16)13-9-5-2-6-10-13/h1-10H,11H2. The maximum atomic E-state index is 4.43. The van der Waals surface area contributed by atoms with Crippen LogP contribution < -0.4 is 5.01 Å². The average Bonchev–Trinajstić information content (AvgIpc) is 2.90. The zero-order valence-electron chi connectivity index (χ0n) is 9.27. The van der Waals surface area contributed by atoms with E-state index < -0.39 is 0 Å². The van der Waals surface area contributed by atoms with Crippen LogP contribution in [0.3, 0.4) is 0 Å². The number of para-hydroxylation sites is 2. The topological polar surface area (TPSA) is 32.7 Å². The summed E-state index contributed by atoms with van der Waals surface area (Å²) in [5.74, 6) is 0. The first-order valence-electron chi connectivity index (χ1n) is 5.50. The number of nitrogens with zero attached hydrogens (tertiary/aromatic N) is 4. The van der Waals surface area contributed by atoms with Gasteiger partial charge in [-0.05, 0) is 24.3 Å². The van der Waals surface area contributed by atoms with Crippen molar-refractivity contribution in [3.63, 3.8) is 0 Å². The lowest BCUT2D eigenvalue weighted by molar-refractivity contribution is -0.450. The molecule has 0 saturated carbocycles. The van der Waals surface area contributed by atoms with Crippen LogP contribution in [0.4, 0.5) is 11.4 Å². The molecular weight excluding hydrogens is 212 g/mol. The molecule has 4 nitrogen and oxygen atoms in total. The highest BCUT2D eigenvalue weighted by molar-refractivity contribution is 5.45. The van der Waals surface area contributed by atoms with Gasteiger partial charge < -0.3 is 0 Å². The summed E-state index contributed by atoms with van der Waals surface area (Å²) in [5.41, 5.74) is 6.38. The van der Waals surface area contributed by atoms with Crippen molar-refractivity contribution in [1.29, 1.82) is 0 Å². The van der Waals surface area contributed by atoms with Gasteiger partial charge in [-0.1, -0.05) is 36.4 Å². The van der Waals surface area contributed by atoms with Crippen molar-refractivity contribution < 1.29 is 4.81 Å². The summed E-state index contributed by atoms with van der Waals surface area (Å²) in [5, 5.41) is 6.30. The average molecular weight is 224 g/mol. The van der Waals surface area contributed by atoms with E-state index in [0.717, 1.165) is 11.4 Å². The van der Waals surface area contributed by atoms with E-state index in [-0.39, 0.29) is 0 Å². The molecule has 2 aromatic carbocycles. The first-order valence-corrected chi connectivity index (χ1v) is 5.50. The number of rotatable bonds is 2. The third-order valence-electron chi connectivity index (χ3n) is 2.57. The Bertz CT molecular complexity index is 522. The van der Waals surface area contributed by atoms with Crippen molar-refractivity contribution >= 4 is 11.4 Å². The SMILES string of the molecule is c1ccc(N2C[N-][N+](c3ccccc3)=N2)cc1. The maximum Gasteiger partial charge on any atom is 0.138 e. The molecule has 0 unspecified atom stereocenters. The zero-order chi connectivity index (χ0) is 11.5. The highest BCUT2D eigenvalue weighted by Crippen LogP contribution is 2.24. The second kappa shape index (κ2) is 4.25. The Morgan fingerprint density at radius 3 is 2.29 bits per heavy atom. The van der Waals surface area contributed by atoms with Crippen molar-refractivity contribution in [2.24, 2.45) is 5.22 Å². The molecule has 3 rings (SSSR count). The molecule has 2 aromatic rings. The van der Waals surface area contributed by atoms with Gasteiger partial charge in [0.1, 0.15) is 18.0 Å². The molecule has 84 valence electrons. The third-order valence-corrected chi connectivity index (χ3v) is 2.57. The Hall–Kier alpha value is -2.36. The van der Waals surface area contributed by atoms with Crippen LogP contribution in [0.15, 0.2) is 65.9 Å². The molecule has 0 atom stereocenters. The third kappa shape index (κ3) is 1.97. The quantitative estimate of drug-likeness (QED) is 0.719. The van der Waals surface area contributed by atoms with Gasteiger partial charge in [-0.2, -0.15) is 4.81 Å². The number of anilines is 1. The predicted molar refractivity (Wildman–Crippen MR) is 65.9 cm³/mol. The molecule has 0 bridgehead atoms. The summed E-state index contributed by atoms with van der Waals surface area (Å²) in [7, 11) is 0. The van der Waals surface area contributed by atoms with Gasteiger partial charge in [0.2, 0.25) is 0 Å². The Kier molecular flexibility index (Phi) is 2.46. The van der Waals surface area contributed by atoms with E-state index >= 15 is 0 Å². The molecule has 17 heavy (non-hydrogen) atoms. The molecule has 0 aromatic heterocycles. The van der Waals surface area contributed by atoms with Gasteiger partial charge in [0.15, 0.2) is 0 Å². The first-order chi connectivity index (χ1) is 8.43.